The highest BCUT2D eigenvalue weighted by molar-refractivity contribution is 6.30. The molecule has 0 spiro atoms. The van der Waals surface area contributed by atoms with Crippen molar-refractivity contribution in [3.8, 4) is 5.75 Å². The summed E-state index contributed by atoms with van der Waals surface area (Å²) in [6.07, 6.45) is 1.11. The summed E-state index contributed by atoms with van der Waals surface area (Å²) in [7, 11) is 0. The lowest BCUT2D eigenvalue weighted by atomic mass is 10.1. The Morgan fingerprint density at radius 1 is 1.04 bits per heavy atom. The summed E-state index contributed by atoms with van der Waals surface area (Å²) in [4.78, 5) is 4.86. The predicted molar refractivity (Wildman–Crippen MR) is 105 cm³/mol. The van der Waals surface area contributed by atoms with Gasteiger partial charge in [0, 0.05) is 49.9 Å². The molecule has 0 saturated carbocycles. The molecular weight excluding hydrogens is 348 g/mol. The Kier molecular flexibility index (Phi) is 5.63. The highest BCUT2D eigenvalue weighted by atomic mass is 35.5. The molecule has 26 heavy (non-hydrogen) atoms. The maximum atomic E-state index is 6.10. The van der Waals surface area contributed by atoms with Gasteiger partial charge in [0.25, 0.3) is 0 Å². The minimum absolute atomic E-state index is 0.159. The first-order chi connectivity index (χ1) is 12.8. The molecule has 0 amide bonds. The zero-order valence-electron chi connectivity index (χ0n) is 14.9. The van der Waals surface area contributed by atoms with Gasteiger partial charge in [0.2, 0.25) is 0 Å². The smallest absolute Gasteiger partial charge is 0.126 e. The van der Waals surface area contributed by atoms with Crippen molar-refractivity contribution in [3.05, 3.63) is 59.1 Å². The molecule has 5 heteroatoms. The Balaban J connectivity index is 1.14. The van der Waals surface area contributed by atoms with Crippen molar-refractivity contribution in [2.24, 2.45) is 0 Å². The molecule has 2 aromatic rings. The fraction of sp³-hybridized carbons (Fsp3) is 0.429. The lowest BCUT2D eigenvalue weighted by molar-refractivity contribution is 0.0467. The van der Waals surface area contributed by atoms with Crippen LogP contribution in [0, 0.1) is 0 Å². The molecule has 2 aliphatic heterocycles. The molecule has 2 aromatic carbocycles. The van der Waals surface area contributed by atoms with E-state index in [-0.39, 0.29) is 6.10 Å². The van der Waals surface area contributed by atoms with E-state index in [1.165, 1.54) is 11.3 Å². The number of para-hydroxylation sites is 1. The van der Waals surface area contributed by atoms with Gasteiger partial charge in [-0.25, -0.2) is 0 Å². The topological polar surface area (TPSA) is 24.9 Å². The second kappa shape index (κ2) is 8.30. The van der Waals surface area contributed by atoms with Crippen LogP contribution < -0.4 is 9.64 Å². The van der Waals surface area contributed by atoms with Crippen LogP contribution in [0.3, 0.4) is 0 Å². The van der Waals surface area contributed by atoms with Gasteiger partial charge in [0.05, 0.1) is 13.2 Å². The Bertz CT molecular complexity index is 706. The first-order valence-electron chi connectivity index (χ1n) is 9.33. The first kappa shape index (κ1) is 17.7. The van der Waals surface area contributed by atoms with Gasteiger partial charge in [-0.1, -0.05) is 35.9 Å². The van der Waals surface area contributed by atoms with Crippen LogP contribution in [0.2, 0.25) is 5.02 Å². The molecule has 0 radical (unpaired) electrons. The number of fused-ring (bicyclic) bond motifs is 1. The highest BCUT2D eigenvalue weighted by Crippen LogP contribution is 2.28. The molecule has 0 aliphatic carbocycles. The van der Waals surface area contributed by atoms with Crippen molar-refractivity contribution >= 4 is 17.3 Å². The average molecular weight is 373 g/mol. The van der Waals surface area contributed by atoms with E-state index in [4.69, 9.17) is 21.1 Å². The SMILES string of the molecule is Clc1cccc(N2CCN(CCOCC3Cc4ccccc4O3)CC2)c1. The van der Waals surface area contributed by atoms with Crippen LogP contribution in [0.4, 0.5) is 5.69 Å². The summed E-state index contributed by atoms with van der Waals surface area (Å²) in [6.45, 7) is 6.57. The third-order valence-corrected chi connectivity index (χ3v) is 5.35. The van der Waals surface area contributed by atoms with E-state index in [2.05, 4.69) is 28.0 Å². The van der Waals surface area contributed by atoms with E-state index < -0.39 is 0 Å². The summed E-state index contributed by atoms with van der Waals surface area (Å²) in [5, 5.41) is 0.801. The molecule has 2 heterocycles. The summed E-state index contributed by atoms with van der Waals surface area (Å²) < 4.78 is 11.8. The zero-order chi connectivity index (χ0) is 17.8. The Labute approximate surface area is 160 Å². The molecule has 0 N–H and O–H groups in total. The fourth-order valence-electron chi connectivity index (χ4n) is 3.66. The van der Waals surface area contributed by atoms with Crippen molar-refractivity contribution in [2.45, 2.75) is 12.5 Å². The van der Waals surface area contributed by atoms with Crippen molar-refractivity contribution in [2.75, 3.05) is 50.8 Å². The van der Waals surface area contributed by atoms with Gasteiger partial charge >= 0.3 is 0 Å². The number of halogens is 1. The summed E-state index contributed by atoms with van der Waals surface area (Å²) in [6, 6.07) is 16.4. The molecule has 4 rings (SSSR count). The zero-order valence-corrected chi connectivity index (χ0v) is 15.7. The number of nitrogens with zero attached hydrogens (tertiary/aromatic N) is 2. The van der Waals surface area contributed by atoms with Crippen LogP contribution in [-0.4, -0.2) is 56.9 Å². The lowest BCUT2D eigenvalue weighted by Gasteiger charge is -2.36. The monoisotopic (exact) mass is 372 g/mol. The second-order valence-electron chi connectivity index (χ2n) is 6.94. The molecular formula is C21H25ClN2O2. The van der Waals surface area contributed by atoms with Gasteiger partial charge in [-0.2, -0.15) is 0 Å². The molecule has 1 saturated heterocycles. The van der Waals surface area contributed by atoms with Crippen LogP contribution in [0.1, 0.15) is 5.56 Å². The van der Waals surface area contributed by atoms with Gasteiger partial charge in [0.1, 0.15) is 11.9 Å². The normalized spacial score (nSPS) is 20.0. The van der Waals surface area contributed by atoms with E-state index >= 15 is 0 Å². The third-order valence-electron chi connectivity index (χ3n) is 5.12. The van der Waals surface area contributed by atoms with Crippen LogP contribution in [0.15, 0.2) is 48.5 Å². The van der Waals surface area contributed by atoms with E-state index in [1.54, 1.807) is 0 Å². The largest absolute Gasteiger partial charge is 0.487 e. The van der Waals surface area contributed by atoms with Crippen molar-refractivity contribution in [3.63, 3.8) is 0 Å². The molecule has 138 valence electrons. The maximum absolute atomic E-state index is 6.10. The minimum Gasteiger partial charge on any atom is -0.487 e. The Morgan fingerprint density at radius 3 is 2.69 bits per heavy atom. The van der Waals surface area contributed by atoms with E-state index in [0.717, 1.165) is 56.5 Å². The summed E-state index contributed by atoms with van der Waals surface area (Å²) in [5.41, 5.74) is 2.50. The van der Waals surface area contributed by atoms with Gasteiger partial charge in [0.15, 0.2) is 0 Å². The second-order valence-corrected chi connectivity index (χ2v) is 7.37. The number of rotatable bonds is 6. The van der Waals surface area contributed by atoms with Gasteiger partial charge in [-0.15, -0.1) is 0 Å². The molecule has 0 bridgehead atoms. The number of benzene rings is 2. The van der Waals surface area contributed by atoms with Gasteiger partial charge in [-0.3, -0.25) is 4.90 Å². The molecule has 0 aromatic heterocycles. The molecule has 1 atom stereocenters. The Morgan fingerprint density at radius 2 is 1.88 bits per heavy atom. The van der Waals surface area contributed by atoms with Crippen molar-refractivity contribution < 1.29 is 9.47 Å². The van der Waals surface area contributed by atoms with Crippen LogP contribution >= 0.6 is 11.6 Å². The van der Waals surface area contributed by atoms with Crippen molar-refractivity contribution in [1.82, 2.24) is 4.90 Å². The number of hydrogen-bond acceptors (Lipinski definition) is 4. The Hall–Kier alpha value is -1.75. The van der Waals surface area contributed by atoms with Gasteiger partial charge < -0.3 is 14.4 Å². The van der Waals surface area contributed by atoms with E-state index in [0.29, 0.717) is 6.61 Å². The summed E-state index contributed by atoms with van der Waals surface area (Å²) >= 11 is 6.10. The standard InChI is InChI=1S/C21H25ClN2O2/c22-18-5-3-6-19(15-18)24-10-8-23(9-11-24)12-13-25-16-20-14-17-4-1-2-7-21(17)26-20/h1-7,15,20H,8-14,16H2. The minimum atomic E-state index is 0.159. The average Bonchev–Trinajstić information content (AvgIpc) is 3.09. The number of ether oxygens (including phenoxy) is 2. The van der Waals surface area contributed by atoms with E-state index in [1.807, 2.05) is 30.3 Å². The fourth-order valence-corrected chi connectivity index (χ4v) is 3.84. The van der Waals surface area contributed by atoms with E-state index in [9.17, 15) is 0 Å². The van der Waals surface area contributed by atoms with Crippen LogP contribution in [0.25, 0.3) is 0 Å². The molecule has 1 unspecified atom stereocenters. The molecule has 1 fully saturated rings. The predicted octanol–water partition coefficient (Wildman–Crippen LogP) is 3.48. The number of hydrogen-bond donors (Lipinski definition) is 0. The quantitative estimate of drug-likeness (QED) is 0.725. The maximum Gasteiger partial charge on any atom is 0.126 e. The first-order valence-corrected chi connectivity index (χ1v) is 9.71. The molecule has 2 aliphatic rings. The third kappa shape index (κ3) is 4.32. The molecule has 4 nitrogen and oxygen atoms in total. The van der Waals surface area contributed by atoms with Crippen LogP contribution in [-0.2, 0) is 11.2 Å². The van der Waals surface area contributed by atoms with Crippen LogP contribution in [0.5, 0.6) is 5.75 Å². The summed E-state index contributed by atoms with van der Waals surface area (Å²) in [5.74, 6) is 1.01. The lowest BCUT2D eigenvalue weighted by Crippen LogP contribution is -2.47. The van der Waals surface area contributed by atoms with Crippen molar-refractivity contribution in [1.29, 1.82) is 0 Å². The number of piperazine rings is 1. The highest BCUT2D eigenvalue weighted by Gasteiger charge is 2.22. The van der Waals surface area contributed by atoms with Gasteiger partial charge in [-0.05, 0) is 29.8 Å². The number of anilines is 1.